The summed E-state index contributed by atoms with van der Waals surface area (Å²) in [5, 5.41) is 22.6. The quantitative estimate of drug-likeness (QED) is 0.371. The van der Waals surface area contributed by atoms with Crippen molar-refractivity contribution in [3.05, 3.63) is 58.6 Å². The summed E-state index contributed by atoms with van der Waals surface area (Å²) in [5.41, 5.74) is 1.66. The van der Waals surface area contributed by atoms with E-state index in [0.29, 0.717) is 21.9 Å². The summed E-state index contributed by atoms with van der Waals surface area (Å²) in [6.07, 6.45) is 7.83. The molecule has 1 heterocycles. The highest BCUT2D eigenvalue weighted by Crippen LogP contribution is 2.55. The predicted molar refractivity (Wildman–Crippen MR) is 163 cm³/mol. The Morgan fingerprint density at radius 1 is 1.00 bits per heavy atom. The molecule has 7 heteroatoms. The van der Waals surface area contributed by atoms with Crippen LogP contribution in [-0.2, 0) is 0 Å². The van der Waals surface area contributed by atoms with E-state index in [1.807, 2.05) is 12.1 Å². The van der Waals surface area contributed by atoms with Crippen molar-refractivity contribution in [3.8, 4) is 11.8 Å². The molecule has 2 aliphatic carbocycles. The molecule has 41 heavy (non-hydrogen) atoms. The normalized spacial score (nSPS) is 27.4. The molecule has 0 spiro atoms. The third-order valence-corrected chi connectivity index (χ3v) is 10.3. The van der Waals surface area contributed by atoms with Gasteiger partial charge >= 0.3 is 0 Å². The van der Waals surface area contributed by atoms with Crippen LogP contribution in [0.3, 0.4) is 0 Å². The van der Waals surface area contributed by atoms with E-state index in [9.17, 15) is 9.90 Å². The van der Waals surface area contributed by atoms with E-state index in [2.05, 4.69) is 56.1 Å². The number of piperidine rings is 1. The van der Waals surface area contributed by atoms with Gasteiger partial charge in [-0.05, 0) is 93.2 Å². The Kier molecular flexibility index (Phi) is 8.60. The van der Waals surface area contributed by atoms with Crippen molar-refractivity contribution in [2.75, 3.05) is 18.0 Å². The maximum Gasteiger partial charge on any atom is 0.251 e. The summed E-state index contributed by atoms with van der Waals surface area (Å²) >= 11 is 6.22. The minimum absolute atomic E-state index is 0.0705. The molecule has 3 fully saturated rings. The number of ether oxygens (including phenoxy) is 1. The minimum atomic E-state index is -0.304. The van der Waals surface area contributed by atoms with Crippen molar-refractivity contribution in [3.63, 3.8) is 0 Å². The lowest BCUT2D eigenvalue weighted by Gasteiger charge is -2.63. The predicted octanol–water partition coefficient (Wildman–Crippen LogP) is 6.98. The Labute approximate surface area is 250 Å². The number of hydrogen-bond donors (Lipinski definition) is 2. The molecule has 2 saturated carbocycles. The van der Waals surface area contributed by atoms with Gasteiger partial charge in [0.1, 0.15) is 17.9 Å². The number of anilines is 1. The van der Waals surface area contributed by atoms with Gasteiger partial charge in [0.25, 0.3) is 5.91 Å². The Hall–Kier alpha value is -2.75. The van der Waals surface area contributed by atoms with Gasteiger partial charge in [0.15, 0.2) is 0 Å². The summed E-state index contributed by atoms with van der Waals surface area (Å²) in [5.74, 6) is 2.12. The van der Waals surface area contributed by atoms with Crippen molar-refractivity contribution >= 4 is 23.2 Å². The van der Waals surface area contributed by atoms with E-state index in [4.69, 9.17) is 21.6 Å². The first-order chi connectivity index (χ1) is 19.5. The van der Waals surface area contributed by atoms with Gasteiger partial charge in [-0.3, -0.25) is 4.79 Å². The summed E-state index contributed by atoms with van der Waals surface area (Å²) in [7, 11) is 0. The largest absolute Gasteiger partial charge is 0.489 e. The molecule has 2 aromatic carbocycles. The molecule has 0 bridgehead atoms. The van der Waals surface area contributed by atoms with Crippen molar-refractivity contribution < 1.29 is 14.6 Å². The number of hydrogen-bond acceptors (Lipinski definition) is 5. The highest BCUT2D eigenvalue weighted by molar-refractivity contribution is 6.31. The number of carbonyl (C=O) groups is 1. The molecule has 1 amide bonds. The zero-order valence-electron chi connectivity index (χ0n) is 24.8. The van der Waals surface area contributed by atoms with Crippen LogP contribution in [0.4, 0.5) is 5.69 Å². The Bertz CT molecular complexity index is 1250. The fraction of sp³-hybridized carbons (Fsp3) is 0.588. The summed E-state index contributed by atoms with van der Waals surface area (Å²) in [6.45, 7) is 10.6. The highest BCUT2D eigenvalue weighted by atomic mass is 35.5. The number of nitrogens with zero attached hydrogens (tertiary/aromatic N) is 2. The second-order valence-corrected chi connectivity index (χ2v) is 14.1. The molecular formula is C34H44ClN3O3. The zero-order chi connectivity index (χ0) is 29.4. The van der Waals surface area contributed by atoms with E-state index < -0.39 is 0 Å². The first kappa shape index (κ1) is 29.7. The molecule has 1 saturated heterocycles. The van der Waals surface area contributed by atoms with Gasteiger partial charge in [-0.15, -0.1) is 0 Å². The number of aliphatic hydroxyl groups is 1. The van der Waals surface area contributed by atoms with Gasteiger partial charge in [0.05, 0.1) is 16.7 Å². The minimum Gasteiger partial charge on any atom is -0.489 e. The van der Waals surface area contributed by atoms with Gasteiger partial charge in [-0.2, -0.15) is 5.26 Å². The summed E-state index contributed by atoms with van der Waals surface area (Å²) in [6, 6.07) is 15.2. The van der Waals surface area contributed by atoms with Crippen LogP contribution in [0.15, 0.2) is 42.5 Å². The zero-order valence-corrected chi connectivity index (χ0v) is 25.6. The van der Waals surface area contributed by atoms with Gasteiger partial charge < -0.3 is 20.1 Å². The van der Waals surface area contributed by atoms with Crippen LogP contribution < -0.4 is 15.0 Å². The number of benzene rings is 2. The van der Waals surface area contributed by atoms with E-state index in [0.717, 1.165) is 37.8 Å². The molecule has 0 radical (unpaired) electrons. The smallest absolute Gasteiger partial charge is 0.251 e. The van der Waals surface area contributed by atoms with Crippen LogP contribution in [0, 0.1) is 34.0 Å². The molecule has 6 nitrogen and oxygen atoms in total. The SMILES string of the molecule is CC1(C)C(NC(=O)c2ccc(N3CCC(CC4CCC(O)CC4)CC3)cc2)C(C)(C)C1Oc1ccc(C#N)c(Cl)c1. The van der Waals surface area contributed by atoms with Gasteiger partial charge in [0.2, 0.25) is 0 Å². The van der Waals surface area contributed by atoms with Crippen LogP contribution in [0.25, 0.3) is 0 Å². The Morgan fingerprint density at radius 3 is 2.20 bits per heavy atom. The first-order valence-corrected chi connectivity index (χ1v) is 15.6. The molecule has 3 aliphatic rings. The summed E-state index contributed by atoms with van der Waals surface area (Å²) < 4.78 is 6.36. The Morgan fingerprint density at radius 2 is 1.61 bits per heavy atom. The topological polar surface area (TPSA) is 85.6 Å². The average Bonchev–Trinajstić information content (AvgIpc) is 2.96. The number of halogens is 1. The number of aliphatic hydroxyl groups excluding tert-OH is 1. The van der Waals surface area contributed by atoms with Crippen LogP contribution in [0.2, 0.25) is 5.02 Å². The maximum absolute atomic E-state index is 13.3. The van der Waals surface area contributed by atoms with Crippen LogP contribution in [0.5, 0.6) is 5.75 Å². The van der Waals surface area contributed by atoms with Crippen molar-refractivity contribution in [2.24, 2.45) is 22.7 Å². The standard InChI is InChI=1S/C34H44ClN3O3/c1-33(2)31(34(3,4)32(33)41-28-14-9-25(21-36)29(35)20-28)37-30(40)24-7-10-26(11-8-24)38-17-15-23(16-18-38)19-22-5-12-27(39)13-6-22/h7-11,14,20,22-23,27,31-32,39H,5-6,12-13,15-19H2,1-4H3,(H,37,40). The Balaban J connectivity index is 1.14. The fourth-order valence-electron chi connectivity index (χ4n) is 7.91. The van der Waals surface area contributed by atoms with Gasteiger partial charge in [-0.25, -0.2) is 0 Å². The molecule has 2 N–H and O–H groups in total. The molecule has 5 rings (SSSR count). The second-order valence-electron chi connectivity index (χ2n) is 13.7. The third-order valence-electron chi connectivity index (χ3n) is 10.0. The number of carbonyl (C=O) groups excluding carboxylic acids is 1. The monoisotopic (exact) mass is 577 g/mol. The molecule has 2 aromatic rings. The number of nitriles is 1. The van der Waals surface area contributed by atoms with Crippen LogP contribution >= 0.6 is 11.6 Å². The molecule has 1 aliphatic heterocycles. The molecule has 220 valence electrons. The highest BCUT2D eigenvalue weighted by Gasteiger charge is 2.64. The lowest BCUT2D eigenvalue weighted by atomic mass is 9.49. The van der Waals surface area contributed by atoms with E-state index in [1.54, 1.807) is 18.2 Å². The molecule has 0 unspecified atom stereocenters. The fourth-order valence-corrected chi connectivity index (χ4v) is 8.13. The van der Waals surface area contributed by atoms with Gasteiger partial charge in [0, 0.05) is 47.3 Å². The van der Waals surface area contributed by atoms with Crippen molar-refractivity contribution in [1.29, 1.82) is 5.26 Å². The lowest BCUT2D eigenvalue weighted by molar-refractivity contribution is -0.164. The third kappa shape index (κ3) is 6.22. The van der Waals surface area contributed by atoms with E-state index >= 15 is 0 Å². The molecule has 0 aromatic heterocycles. The van der Waals surface area contributed by atoms with Crippen LogP contribution in [-0.4, -0.2) is 42.4 Å². The number of nitrogens with one attached hydrogen (secondary N) is 1. The van der Waals surface area contributed by atoms with Crippen LogP contribution in [0.1, 0.15) is 88.6 Å². The maximum atomic E-state index is 13.3. The number of rotatable bonds is 7. The van der Waals surface area contributed by atoms with E-state index in [-0.39, 0.29) is 35.0 Å². The lowest BCUT2D eigenvalue weighted by Crippen LogP contribution is -2.74. The van der Waals surface area contributed by atoms with Crippen molar-refractivity contribution in [2.45, 2.75) is 90.9 Å². The van der Waals surface area contributed by atoms with Crippen molar-refractivity contribution in [1.82, 2.24) is 5.32 Å². The number of amides is 1. The first-order valence-electron chi connectivity index (χ1n) is 15.2. The summed E-state index contributed by atoms with van der Waals surface area (Å²) in [4.78, 5) is 15.8. The van der Waals surface area contributed by atoms with Gasteiger partial charge in [-0.1, -0.05) is 39.3 Å². The molecular weight excluding hydrogens is 534 g/mol. The average molecular weight is 578 g/mol. The molecule has 0 atom stereocenters. The van der Waals surface area contributed by atoms with E-state index in [1.165, 1.54) is 37.8 Å². The second kappa shape index (κ2) is 11.9.